The minimum absolute atomic E-state index is 0.489. The van der Waals surface area contributed by atoms with Crippen molar-refractivity contribution < 1.29 is 33.4 Å². The van der Waals surface area contributed by atoms with Crippen molar-refractivity contribution in [3.8, 4) is 0 Å². The van der Waals surface area contributed by atoms with Crippen molar-refractivity contribution >= 4 is 23.8 Å². The van der Waals surface area contributed by atoms with Gasteiger partial charge in [0, 0.05) is 6.92 Å². The first-order chi connectivity index (χ1) is 11.0. The Labute approximate surface area is 142 Å². The summed E-state index contributed by atoms with van der Waals surface area (Å²) in [6.07, 6.45) is -1.51. The van der Waals surface area contributed by atoms with Gasteiger partial charge < -0.3 is 19.5 Å². The number of carbonyl (C=O) groups is 4. The molecule has 1 N–H and O–H groups in total. The predicted octanol–water partition coefficient (Wildman–Crippen LogP) is 0.962. The fourth-order valence-electron chi connectivity index (χ4n) is 1.78. The lowest BCUT2D eigenvalue weighted by atomic mass is 9.99. The molecular formula is C16H27NO7. The van der Waals surface area contributed by atoms with Gasteiger partial charge in [0.2, 0.25) is 5.91 Å². The number of carbonyl (C=O) groups excluding carboxylic acids is 4. The van der Waals surface area contributed by atoms with Gasteiger partial charge in [-0.1, -0.05) is 0 Å². The van der Waals surface area contributed by atoms with E-state index >= 15 is 0 Å². The third-order valence-corrected chi connectivity index (χ3v) is 2.51. The molecule has 0 aromatic heterocycles. The van der Waals surface area contributed by atoms with Crippen LogP contribution in [0.15, 0.2) is 0 Å². The highest BCUT2D eigenvalue weighted by Crippen LogP contribution is 2.15. The predicted molar refractivity (Wildman–Crippen MR) is 84.8 cm³/mol. The first-order valence-electron chi connectivity index (χ1n) is 7.84. The molecule has 0 heterocycles. The topological polar surface area (TPSA) is 108 Å². The Morgan fingerprint density at radius 2 is 1.00 bits per heavy atom. The summed E-state index contributed by atoms with van der Waals surface area (Å²) in [5, 5.41) is 2.28. The van der Waals surface area contributed by atoms with Gasteiger partial charge in [0.05, 0.1) is 18.3 Å². The van der Waals surface area contributed by atoms with E-state index in [1.807, 2.05) is 0 Å². The monoisotopic (exact) mass is 345 g/mol. The molecule has 0 saturated heterocycles. The van der Waals surface area contributed by atoms with Gasteiger partial charge in [-0.2, -0.15) is 0 Å². The minimum atomic E-state index is -1.65. The number of ether oxygens (including phenoxy) is 3. The van der Waals surface area contributed by atoms with Gasteiger partial charge in [-0.3, -0.25) is 14.4 Å². The first kappa shape index (κ1) is 21.9. The zero-order valence-corrected chi connectivity index (χ0v) is 15.2. The van der Waals surface area contributed by atoms with E-state index in [2.05, 4.69) is 5.32 Å². The molecule has 0 aliphatic carbocycles. The fraction of sp³-hybridized carbons (Fsp3) is 0.750. The maximum atomic E-state index is 12.3. The molecule has 1 unspecified atom stereocenters. The van der Waals surface area contributed by atoms with Crippen molar-refractivity contribution in [1.29, 1.82) is 0 Å². The van der Waals surface area contributed by atoms with E-state index in [9.17, 15) is 19.2 Å². The highest BCUT2D eigenvalue weighted by atomic mass is 16.6. The second-order valence-electron chi connectivity index (χ2n) is 6.11. The molecule has 24 heavy (non-hydrogen) atoms. The summed E-state index contributed by atoms with van der Waals surface area (Å²) in [6, 6.07) is -1.53. The van der Waals surface area contributed by atoms with E-state index in [0.717, 1.165) is 6.92 Å². The first-order valence-corrected chi connectivity index (χ1v) is 7.84. The largest absolute Gasteiger partial charge is 0.462 e. The van der Waals surface area contributed by atoms with E-state index in [-0.39, 0.29) is 0 Å². The molecule has 138 valence electrons. The Bertz CT molecular complexity index is 449. The maximum Gasteiger partial charge on any atom is 0.330 e. The number of esters is 3. The molecule has 0 bridgehead atoms. The Morgan fingerprint density at radius 1 is 0.667 bits per heavy atom. The van der Waals surface area contributed by atoms with Gasteiger partial charge >= 0.3 is 17.9 Å². The molecular weight excluding hydrogens is 318 g/mol. The maximum absolute atomic E-state index is 12.3. The van der Waals surface area contributed by atoms with Crippen LogP contribution in [0.2, 0.25) is 0 Å². The quantitative estimate of drug-likeness (QED) is 0.396. The van der Waals surface area contributed by atoms with Crippen LogP contribution in [-0.2, 0) is 33.4 Å². The molecule has 0 aromatic rings. The standard InChI is InChI=1S/C16H27NO7/c1-8(2)22-14(19)12(15(20)23-9(3)4)13(17-11(7)18)16(21)24-10(5)6/h8-10,12-13H,1-7H3,(H,17,18). The number of hydrogen-bond donors (Lipinski definition) is 1. The molecule has 0 saturated carbocycles. The van der Waals surface area contributed by atoms with Crippen molar-refractivity contribution in [3.05, 3.63) is 0 Å². The highest BCUT2D eigenvalue weighted by molar-refractivity contribution is 6.02. The van der Waals surface area contributed by atoms with E-state index in [4.69, 9.17) is 14.2 Å². The number of hydrogen-bond acceptors (Lipinski definition) is 7. The van der Waals surface area contributed by atoms with Crippen molar-refractivity contribution in [2.75, 3.05) is 0 Å². The van der Waals surface area contributed by atoms with Crippen LogP contribution >= 0.6 is 0 Å². The number of amides is 1. The number of nitrogens with one attached hydrogen (secondary N) is 1. The summed E-state index contributed by atoms with van der Waals surface area (Å²) in [5.74, 6) is -5.08. The van der Waals surface area contributed by atoms with E-state index in [0.29, 0.717) is 0 Å². The van der Waals surface area contributed by atoms with Gasteiger partial charge in [-0.15, -0.1) is 0 Å². The molecule has 1 amide bonds. The smallest absolute Gasteiger partial charge is 0.330 e. The second kappa shape index (κ2) is 9.89. The van der Waals surface area contributed by atoms with Gasteiger partial charge in [-0.05, 0) is 41.5 Å². The molecule has 8 nitrogen and oxygen atoms in total. The van der Waals surface area contributed by atoms with Crippen LogP contribution in [0.1, 0.15) is 48.5 Å². The van der Waals surface area contributed by atoms with Gasteiger partial charge in [-0.25, -0.2) is 4.79 Å². The average Bonchev–Trinajstić information content (AvgIpc) is 2.34. The summed E-state index contributed by atoms with van der Waals surface area (Å²) >= 11 is 0. The normalized spacial score (nSPS) is 12.3. The van der Waals surface area contributed by atoms with E-state index in [1.54, 1.807) is 41.5 Å². The Hall–Kier alpha value is -2.12. The molecule has 0 spiro atoms. The minimum Gasteiger partial charge on any atom is -0.462 e. The summed E-state index contributed by atoms with van der Waals surface area (Å²) in [4.78, 5) is 48.3. The molecule has 0 aliphatic heterocycles. The summed E-state index contributed by atoms with van der Waals surface area (Å²) in [7, 11) is 0. The summed E-state index contributed by atoms with van der Waals surface area (Å²) in [5.41, 5.74) is 0. The third-order valence-electron chi connectivity index (χ3n) is 2.51. The van der Waals surface area contributed by atoms with Gasteiger partial charge in [0.25, 0.3) is 0 Å². The van der Waals surface area contributed by atoms with Crippen LogP contribution < -0.4 is 5.32 Å². The Kier molecular flexibility index (Phi) is 9.02. The third kappa shape index (κ3) is 7.94. The second-order valence-corrected chi connectivity index (χ2v) is 6.11. The van der Waals surface area contributed by atoms with Crippen LogP contribution in [-0.4, -0.2) is 48.2 Å². The summed E-state index contributed by atoms with van der Waals surface area (Å²) in [6.45, 7) is 10.8. The van der Waals surface area contributed by atoms with E-state index in [1.165, 1.54) is 0 Å². The van der Waals surface area contributed by atoms with Crippen molar-refractivity contribution in [1.82, 2.24) is 5.32 Å². The Balaban J connectivity index is 5.68. The zero-order valence-electron chi connectivity index (χ0n) is 15.2. The Morgan fingerprint density at radius 3 is 1.29 bits per heavy atom. The number of rotatable bonds is 8. The van der Waals surface area contributed by atoms with Gasteiger partial charge in [0.1, 0.15) is 0 Å². The van der Waals surface area contributed by atoms with Crippen molar-refractivity contribution in [2.45, 2.75) is 72.8 Å². The van der Waals surface area contributed by atoms with E-state index < -0.39 is 54.1 Å². The molecule has 0 fully saturated rings. The van der Waals surface area contributed by atoms with Crippen molar-refractivity contribution in [2.24, 2.45) is 5.92 Å². The van der Waals surface area contributed by atoms with Gasteiger partial charge in [0.15, 0.2) is 12.0 Å². The molecule has 8 heteroatoms. The zero-order chi connectivity index (χ0) is 19.0. The summed E-state index contributed by atoms with van der Waals surface area (Å²) < 4.78 is 15.1. The lowest BCUT2D eigenvalue weighted by Crippen LogP contribution is -2.53. The van der Waals surface area contributed by atoms with Crippen molar-refractivity contribution in [3.63, 3.8) is 0 Å². The van der Waals surface area contributed by atoms with Crippen LogP contribution in [0.4, 0.5) is 0 Å². The molecule has 0 rings (SSSR count). The highest BCUT2D eigenvalue weighted by Gasteiger charge is 2.44. The van der Waals surface area contributed by atoms with Crippen LogP contribution in [0.25, 0.3) is 0 Å². The average molecular weight is 345 g/mol. The SMILES string of the molecule is CC(=O)NC(C(=O)OC(C)C)C(C(=O)OC(C)C)C(=O)OC(C)C. The molecule has 0 aromatic carbocycles. The molecule has 0 radical (unpaired) electrons. The fourth-order valence-corrected chi connectivity index (χ4v) is 1.78. The lowest BCUT2D eigenvalue weighted by molar-refractivity contribution is -0.174. The lowest BCUT2D eigenvalue weighted by Gasteiger charge is -2.25. The molecule has 0 aliphatic rings. The van der Waals surface area contributed by atoms with Crippen LogP contribution in [0, 0.1) is 5.92 Å². The van der Waals surface area contributed by atoms with Crippen LogP contribution in [0.3, 0.4) is 0 Å². The molecule has 1 atom stereocenters. The van der Waals surface area contributed by atoms with Crippen LogP contribution in [0.5, 0.6) is 0 Å².